The molecule has 1 heterocycles. The second kappa shape index (κ2) is 4.49. The summed E-state index contributed by atoms with van der Waals surface area (Å²) in [4.78, 5) is 11.1. The van der Waals surface area contributed by atoms with Crippen LogP contribution in [0.25, 0.3) is 0 Å². The lowest BCUT2D eigenvalue weighted by Crippen LogP contribution is -2.25. The van der Waals surface area contributed by atoms with Crippen molar-refractivity contribution < 1.29 is 19.4 Å². The van der Waals surface area contributed by atoms with Crippen molar-refractivity contribution in [2.45, 2.75) is 37.9 Å². The van der Waals surface area contributed by atoms with Crippen LogP contribution in [0.2, 0.25) is 0 Å². The molecule has 3 atom stereocenters. The zero-order valence-corrected chi connectivity index (χ0v) is 9.02. The van der Waals surface area contributed by atoms with Crippen LogP contribution in [0.1, 0.15) is 25.7 Å². The van der Waals surface area contributed by atoms with Crippen LogP contribution >= 0.6 is 0 Å². The first kappa shape index (κ1) is 10.9. The lowest BCUT2D eigenvalue weighted by atomic mass is 9.96. The number of rotatable bonds is 5. The zero-order chi connectivity index (χ0) is 10.8. The summed E-state index contributed by atoms with van der Waals surface area (Å²) in [5, 5.41) is 9.09. The predicted molar refractivity (Wildman–Crippen MR) is 53.6 cm³/mol. The van der Waals surface area contributed by atoms with E-state index < -0.39 is 5.97 Å². The first-order chi connectivity index (χ1) is 7.22. The van der Waals surface area contributed by atoms with Crippen molar-refractivity contribution in [3.63, 3.8) is 0 Å². The Labute approximate surface area is 89.6 Å². The summed E-state index contributed by atoms with van der Waals surface area (Å²) in [7, 11) is 1.65. The Balaban J connectivity index is 1.89. The molecule has 0 bridgehead atoms. The highest BCUT2D eigenvalue weighted by Crippen LogP contribution is 2.43. The molecule has 0 aromatic rings. The molecule has 1 aliphatic heterocycles. The molecular formula is C11H18O4. The van der Waals surface area contributed by atoms with E-state index in [0.717, 1.165) is 19.3 Å². The summed E-state index contributed by atoms with van der Waals surface area (Å²) in [6, 6.07) is 0. The first-order valence-corrected chi connectivity index (χ1v) is 5.59. The lowest BCUT2D eigenvalue weighted by Gasteiger charge is -2.14. The highest BCUT2D eigenvalue weighted by molar-refractivity contribution is 5.71. The SMILES string of the molecule is COCCC1CC(C(=O)O)C(C2CC2)O1. The van der Waals surface area contributed by atoms with Crippen LogP contribution < -0.4 is 0 Å². The fourth-order valence-corrected chi connectivity index (χ4v) is 2.33. The molecule has 0 radical (unpaired) electrons. The quantitative estimate of drug-likeness (QED) is 0.749. The largest absolute Gasteiger partial charge is 0.481 e. The van der Waals surface area contributed by atoms with Crippen LogP contribution in [0.15, 0.2) is 0 Å². The molecule has 0 aromatic heterocycles. The van der Waals surface area contributed by atoms with E-state index in [0.29, 0.717) is 18.9 Å². The molecule has 2 rings (SSSR count). The summed E-state index contributed by atoms with van der Waals surface area (Å²) in [6.07, 6.45) is 3.77. The Morgan fingerprint density at radius 3 is 2.80 bits per heavy atom. The molecule has 86 valence electrons. The van der Waals surface area contributed by atoms with Crippen LogP contribution in [0.5, 0.6) is 0 Å². The van der Waals surface area contributed by atoms with Crippen molar-refractivity contribution in [3.05, 3.63) is 0 Å². The molecule has 4 nitrogen and oxygen atoms in total. The third-order valence-corrected chi connectivity index (χ3v) is 3.31. The number of aliphatic carboxylic acids is 1. The van der Waals surface area contributed by atoms with E-state index in [1.165, 1.54) is 0 Å². The summed E-state index contributed by atoms with van der Waals surface area (Å²) in [5.74, 6) is -0.496. The Hall–Kier alpha value is -0.610. The van der Waals surface area contributed by atoms with Crippen LogP contribution in [0.3, 0.4) is 0 Å². The van der Waals surface area contributed by atoms with Gasteiger partial charge in [-0.05, 0) is 31.6 Å². The Morgan fingerprint density at radius 1 is 1.53 bits per heavy atom. The van der Waals surface area contributed by atoms with Gasteiger partial charge >= 0.3 is 5.97 Å². The minimum absolute atomic E-state index is 0.0376. The van der Waals surface area contributed by atoms with E-state index in [-0.39, 0.29) is 18.1 Å². The molecule has 0 aromatic carbocycles. The molecule has 4 heteroatoms. The second-order valence-corrected chi connectivity index (χ2v) is 4.52. The van der Waals surface area contributed by atoms with Crippen molar-refractivity contribution >= 4 is 5.97 Å². The van der Waals surface area contributed by atoms with Gasteiger partial charge in [-0.1, -0.05) is 0 Å². The van der Waals surface area contributed by atoms with Crippen LogP contribution in [0.4, 0.5) is 0 Å². The molecule has 2 aliphatic rings. The van der Waals surface area contributed by atoms with E-state index >= 15 is 0 Å². The number of carbonyl (C=O) groups is 1. The van der Waals surface area contributed by atoms with Crippen molar-refractivity contribution in [2.75, 3.05) is 13.7 Å². The molecule has 1 aliphatic carbocycles. The maximum absolute atomic E-state index is 11.1. The summed E-state index contributed by atoms with van der Waals surface area (Å²) in [6.45, 7) is 0.647. The number of hydrogen-bond donors (Lipinski definition) is 1. The maximum Gasteiger partial charge on any atom is 0.309 e. The fraction of sp³-hybridized carbons (Fsp3) is 0.909. The van der Waals surface area contributed by atoms with Crippen LogP contribution in [-0.4, -0.2) is 37.0 Å². The van der Waals surface area contributed by atoms with Gasteiger partial charge in [-0.25, -0.2) is 0 Å². The topological polar surface area (TPSA) is 55.8 Å². The first-order valence-electron chi connectivity index (χ1n) is 5.59. The average molecular weight is 214 g/mol. The van der Waals surface area contributed by atoms with E-state index in [1.807, 2.05) is 0 Å². The van der Waals surface area contributed by atoms with E-state index in [2.05, 4.69) is 0 Å². The summed E-state index contributed by atoms with van der Waals surface area (Å²) < 4.78 is 10.8. The van der Waals surface area contributed by atoms with E-state index in [4.69, 9.17) is 14.6 Å². The number of carboxylic acids is 1. The van der Waals surface area contributed by atoms with Gasteiger partial charge in [-0.3, -0.25) is 4.79 Å². The Morgan fingerprint density at radius 2 is 2.27 bits per heavy atom. The van der Waals surface area contributed by atoms with Gasteiger partial charge in [0.15, 0.2) is 0 Å². The Bertz CT molecular complexity index is 237. The van der Waals surface area contributed by atoms with Crippen molar-refractivity contribution in [3.8, 4) is 0 Å². The molecule has 1 saturated carbocycles. The van der Waals surface area contributed by atoms with Crippen molar-refractivity contribution in [1.82, 2.24) is 0 Å². The third kappa shape index (κ3) is 2.49. The lowest BCUT2D eigenvalue weighted by molar-refractivity contribution is -0.144. The van der Waals surface area contributed by atoms with Gasteiger partial charge in [0, 0.05) is 13.7 Å². The number of hydrogen-bond acceptors (Lipinski definition) is 3. The molecular weight excluding hydrogens is 196 g/mol. The minimum atomic E-state index is -0.702. The van der Waals surface area contributed by atoms with Gasteiger partial charge in [0.1, 0.15) is 0 Å². The second-order valence-electron chi connectivity index (χ2n) is 4.52. The standard InChI is InChI=1S/C11H18O4/c1-14-5-4-8-6-9(11(12)13)10(15-8)7-2-3-7/h7-10H,2-6H2,1H3,(H,12,13). The molecule has 15 heavy (non-hydrogen) atoms. The Kier molecular flexibility index (Phi) is 3.26. The van der Waals surface area contributed by atoms with Crippen molar-refractivity contribution in [1.29, 1.82) is 0 Å². The number of ether oxygens (including phenoxy) is 2. The molecule has 1 N–H and O–H groups in total. The average Bonchev–Trinajstić information content (AvgIpc) is 2.95. The smallest absolute Gasteiger partial charge is 0.309 e. The van der Waals surface area contributed by atoms with E-state index in [9.17, 15) is 4.79 Å². The number of carboxylic acid groups (broad SMARTS) is 1. The van der Waals surface area contributed by atoms with Gasteiger partial charge in [-0.2, -0.15) is 0 Å². The predicted octanol–water partition coefficient (Wildman–Crippen LogP) is 1.29. The fourth-order valence-electron chi connectivity index (χ4n) is 2.33. The van der Waals surface area contributed by atoms with Gasteiger partial charge in [-0.15, -0.1) is 0 Å². The molecule has 2 fully saturated rings. The van der Waals surface area contributed by atoms with E-state index in [1.54, 1.807) is 7.11 Å². The molecule has 1 saturated heterocycles. The van der Waals surface area contributed by atoms with Crippen LogP contribution in [0, 0.1) is 11.8 Å². The monoisotopic (exact) mass is 214 g/mol. The van der Waals surface area contributed by atoms with Gasteiger partial charge in [0.05, 0.1) is 18.1 Å². The summed E-state index contributed by atoms with van der Waals surface area (Å²) in [5.41, 5.74) is 0. The summed E-state index contributed by atoms with van der Waals surface area (Å²) >= 11 is 0. The number of methoxy groups -OCH3 is 1. The van der Waals surface area contributed by atoms with Gasteiger partial charge in [0.2, 0.25) is 0 Å². The normalized spacial score (nSPS) is 35.7. The van der Waals surface area contributed by atoms with Crippen molar-refractivity contribution in [2.24, 2.45) is 11.8 Å². The molecule has 0 spiro atoms. The zero-order valence-electron chi connectivity index (χ0n) is 9.02. The maximum atomic E-state index is 11.1. The van der Waals surface area contributed by atoms with Gasteiger partial charge < -0.3 is 14.6 Å². The third-order valence-electron chi connectivity index (χ3n) is 3.31. The molecule has 3 unspecified atom stereocenters. The van der Waals surface area contributed by atoms with Gasteiger partial charge in [0.25, 0.3) is 0 Å². The minimum Gasteiger partial charge on any atom is -0.481 e. The van der Waals surface area contributed by atoms with Crippen LogP contribution in [-0.2, 0) is 14.3 Å². The highest BCUT2D eigenvalue weighted by Gasteiger charge is 2.47. The highest BCUT2D eigenvalue weighted by atomic mass is 16.5. The molecule has 0 amide bonds.